The number of piperidine rings is 1. The van der Waals surface area contributed by atoms with Gasteiger partial charge in [0.2, 0.25) is 11.8 Å². The Hall–Kier alpha value is -1.75. The lowest BCUT2D eigenvalue weighted by Crippen LogP contribution is -2.52. The molecule has 0 aromatic rings. The van der Waals surface area contributed by atoms with E-state index in [2.05, 4.69) is 10.0 Å². The minimum absolute atomic E-state index is 0.0483. The molecule has 0 aromatic carbocycles. The van der Waals surface area contributed by atoms with E-state index in [0.717, 1.165) is 0 Å². The summed E-state index contributed by atoms with van der Waals surface area (Å²) in [5, 5.41) is 3.51. The fraction of sp³-hybridized carbons (Fsp3) is 0.800. The molecule has 0 aromatic heterocycles. The van der Waals surface area contributed by atoms with Gasteiger partial charge in [-0.2, -0.15) is 0 Å². The van der Waals surface area contributed by atoms with Crippen LogP contribution in [0.4, 0.5) is 0 Å². The summed E-state index contributed by atoms with van der Waals surface area (Å²) in [6.45, 7) is 2.62. The predicted octanol–water partition coefficient (Wildman–Crippen LogP) is 0.799. The Morgan fingerprint density at radius 3 is 3.00 bits per heavy atom. The van der Waals surface area contributed by atoms with E-state index in [1.807, 2.05) is 6.92 Å². The summed E-state index contributed by atoms with van der Waals surface area (Å²) in [7, 11) is 0. The van der Waals surface area contributed by atoms with Crippen molar-refractivity contribution < 1.29 is 9.59 Å². The molecule has 1 fully saturated rings. The van der Waals surface area contributed by atoms with Gasteiger partial charge in [-0.3, -0.25) is 9.59 Å². The molecule has 1 rings (SSSR count). The molecule has 1 saturated heterocycles. The van der Waals surface area contributed by atoms with Gasteiger partial charge in [0.05, 0.1) is 0 Å². The Bertz CT molecular complexity index is 351. The molecule has 0 aliphatic carbocycles. The number of hydrogen-bond donors (Lipinski definition) is 1. The first-order valence-corrected chi connectivity index (χ1v) is 5.69. The van der Waals surface area contributed by atoms with Crippen LogP contribution in [-0.4, -0.2) is 35.8 Å². The largest absolute Gasteiger partial charge is 0.368 e. The zero-order valence-electron chi connectivity index (χ0n) is 9.87. The monoisotopic (exact) mass is 239 g/mol. The van der Waals surface area contributed by atoms with Crippen molar-refractivity contribution in [3.05, 3.63) is 10.4 Å². The summed E-state index contributed by atoms with van der Waals surface area (Å²) in [5.74, 6) is -0.407. The van der Waals surface area contributed by atoms with Gasteiger partial charge in [0, 0.05) is 24.4 Å². The van der Waals surface area contributed by atoms with Gasteiger partial charge in [0.15, 0.2) is 0 Å². The molecule has 0 radical (unpaired) electrons. The summed E-state index contributed by atoms with van der Waals surface area (Å²) in [5.41, 5.74) is 13.5. The molecule has 0 spiro atoms. The summed E-state index contributed by atoms with van der Waals surface area (Å²) < 4.78 is 0. The van der Waals surface area contributed by atoms with E-state index in [4.69, 9.17) is 11.3 Å². The smallest absolute Gasteiger partial charge is 0.240 e. The van der Waals surface area contributed by atoms with E-state index in [0.29, 0.717) is 32.4 Å². The molecule has 2 N–H and O–H groups in total. The molecule has 1 aliphatic rings. The molecular weight excluding hydrogens is 222 g/mol. The van der Waals surface area contributed by atoms with Crippen molar-refractivity contribution in [3.8, 4) is 0 Å². The lowest BCUT2D eigenvalue weighted by molar-refractivity contribution is -0.142. The third-order valence-corrected chi connectivity index (χ3v) is 3.04. The maximum Gasteiger partial charge on any atom is 0.240 e. The third-order valence-electron chi connectivity index (χ3n) is 3.04. The normalized spacial score (nSPS) is 21.8. The maximum atomic E-state index is 11.7. The van der Waals surface area contributed by atoms with Crippen LogP contribution in [0.15, 0.2) is 5.11 Å². The average Bonchev–Trinajstić information content (AvgIpc) is 2.30. The maximum absolute atomic E-state index is 11.7. The van der Waals surface area contributed by atoms with Crippen molar-refractivity contribution in [1.82, 2.24) is 4.90 Å². The van der Waals surface area contributed by atoms with Crippen molar-refractivity contribution in [2.75, 3.05) is 13.1 Å². The fourth-order valence-corrected chi connectivity index (χ4v) is 2.12. The van der Waals surface area contributed by atoms with E-state index in [-0.39, 0.29) is 11.8 Å². The van der Waals surface area contributed by atoms with E-state index in [1.54, 1.807) is 0 Å². The van der Waals surface area contributed by atoms with Crippen molar-refractivity contribution in [2.24, 2.45) is 16.8 Å². The van der Waals surface area contributed by atoms with Crippen LogP contribution in [0, 0.1) is 5.92 Å². The van der Waals surface area contributed by atoms with Gasteiger partial charge in [-0.25, -0.2) is 0 Å². The molecule has 17 heavy (non-hydrogen) atoms. The molecule has 2 atom stereocenters. The van der Waals surface area contributed by atoms with E-state index >= 15 is 0 Å². The van der Waals surface area contributed by atoms with Crippen LogP contribution in [0.25, 0.3) is 10.4 Å². The number of rotatable bonds is 5. The highest BCUT2D eigenvalue weighted by Gasteiger charge is 2.32. The quantitative estimate of drug-likeness (QED) is 0.434. The summed E-state index contributed by atoms with van der Waals surface area (Å²) in [4.78, 5) is 27.2. The third kappa shape index (κ3) is 3.35. The van der Waals surface area contributed by atoms with Gasteiger partial charge in [-0.1, -0.05) is 12.0 Å². The molecule has 0 saturated carbocycles. The molecule has 7 nitrogen and oxygen atoms in total. The van der Waals surface area contributed by atoms with Crippen LogP contribution >= 0.6 is 0 Å². The highest BCUT2D eigenvalue weighted by molar-refractivity contribution is 5.86. The van der Waals surface area contributed by atoms with Crippen molar-refractivity contribution in [3.63, 3.8) is 0 Å². The molecule has 1 heterocycles. The van der Waals surface area contributed by atoms with Crippen molar-refractivity contribution in [1.29, 1.82) is 0 Å². The number of carbonyl (C=O) groups excluding carboxylic acids is 2. The Morgan fingerprint density at radius 2 is 2.47 bits per heavy atom. The van der Waals surface area contributed by atoms with Crippen LogP contribution < -0.4 is 5.73 Å². The number of amides is 2. The number of nitrogens with two attached hydrogens (primary N) is 1. The number of likely N-dealkylation sites (tertiary alicyclic amines) is 1. The highest BCUT2D eigenvalue weighted by atomic mass is 16.2. The number of nitrogens with zero attached hydrogens (tertiary/aromatic N) is 4. The molecule has 94 valence electrons. The minimum atomic E-state index is -0.545. The second kappa shape index (κ2) is 6.10. The highest BCUT2D eigenvalue weighted by Crippen LogP contribution is 2.21. The van der Waals surface area contributed by atoms with Crippen molar-refractivity contribution in [2.45, 2.75) is 32.2 Å². The Kier molecular flexibility index (Phi) is 4.78. The zero-order valence-corrected chi connectivity index (χ0v) is 9.87. The van der Waals surface area contributed by atoms with Gasteiger partial charge in [0.1, 0.15) is 6.04 Å². The summed E-state index contributed by atoms with van der Waals surface area (Å²) in [6, 6.07) is -0.545. The van der Waals surface area contributed by atoms with Gasteiger partial charge in [-0.05, 0) is 24.3 Å². The zero-order chi connectivity index (χ0) is 12.8. The molecule has 2 amide bonds. The standard InChI is InChI=1S/C10H17N5O2/c1-2-8(10(11)17)15-6-7(5-13-14-12)3-4-9(15)16/h7-8H,2-6H2,1H3,(H2,11,17)/t7?,8-/m0/s1. The fourth-order valence-electron chi connectivity index (χ4n) is 2.12. The predicted molar refractivity (Wildman–Crippen MR) is 61.7 cm³/mol. The van der Waals surface area contributed by atoms with Crippen LogP contribution in [-0.2, 0) is 9.59 Å². The number of azide groups is 1. The number of hydrogen-bond acceptors (Lipinski definition) is 3. The number of carbonyl (C=O) groups is 2. The molecule has 7 heteroatoms. The van der Waals surface area contributed by atoms with E-state index < -0.39 is 11.9 Å². The first-order chi connectivity index (χ1) is 8.10. The molecule has 0 bridgehead atoms. The van der Waals surface area contributed by atoms with E-state index in [1.165, 1.54) is 4.90 Å². The van der Waals surface area contributed by atoms with Gasteiger partial charge in [0.25, 0.3) is 0 Å². The first-order valence-electron chi connectivity index (χ1n) is 5.69. The Balaban J connectivity index is 2.71. The first kappa shape index (κ1) is 13.3. The van der Waals surface area contributed by atoms with E-state index in [9.17, 15) is 9.59 Å². The Labute approximate surface area is 99.6 Å². The lowest BCUT2D eigenvalue weighted by atomic mass is 9.95. The average molecular weight is 239 g/mol. The summed E-state index contributed by atoms with van der Waals surface area (Å²) >= 11 is 0. The van der Waals surface area contributed by atoms with Crippen LogP contribution in [0.5, 0.6) is 0 Å². The molecule has 1 unspecified atom stereocenters. The van der Waals surface area contributed by atoms with Gasteiger partial charge in [-0.15, -0.1) is 0 Å². The second-order valence-corrected chi connectivity index (χ2v) is 4.19. The van der Waals surface area contributed by atoms with Crippen LogP contribution in [0.1, 0.15) is 26.2 Å². The topological polar surface area (TPSA) is 112 Å². The number of primary amides is 1. The summed E-state index contributed by atoms with van der Waals surface area (Å²) in [6.07, 6.45) is 1.59. The Morgan fingerprint density at radius 1 is 1.76 bits per heavy atom. The minimum Gasteiger partial charge on any atom is -0.368 e. The molecular formula is C10H17N5O2. The van der Waals surface area contributed by atoms with Gasteiger partial charge >= 0.3 is 0 Å². The van der Waals surface area contributed by atoms with Crippen molar-refractivity contribution >= 4 is 11.8 Å². The van der Waals surface area contributed by atoms with Crippen LogP contribution in [0.2, 0.25) is 0 Å². The molecule has 1 aliphatic heterocycles. The SMILES string of the molecule is CC[C@@H](C(N)=O)N1CC(CN=[N+]=[N-])CCC1=O. The lowest BCUT2D eigenvalue weighted by Gasteiger charge is -2.36. The van der Waals surface area contributed by atoms with Crippen LogP contribution in [0.3, 0.4) is 0 Å². The van der Waals surface area contributed by atoms with Gasteiger partial charge < -0.3 is 10.6 Å². The second-order valence-electron chi connectivity index (χ2n) is 4.19.